The number of rotatable bonds is 5. The summed E-state index contributed by atoms with van der Waals surface area (Å²) in [5.74, 6) is 0. The Bertz CT molecular complexity index is 888. The third-order valence-corrected chi connectivity index (χ3v) is 4.06. The smallest absolute Gasteiger partial charge is 0.258 e. The summed E-state index contributed by atoms with van der Waals surface area (Å²) in [4.78, 5) is 14.8. The minimum atomic E-state index is -0.416. The summed E-state index contributed by atoms with van der Waals surface area (Å²) in [6.07, 6.45) is 1.72. The molecule has 1 aromatic heterocycles. The molecule has 120 valence electrons. The Morgan fingerprint density at radius 1 is 1.25 bits per heavy atom. The van der Waals surface area contributed by atoms with Crippen LogP contribution in [0.4, 0.5) is 10.8 Å². The Morgan fingerprint density at radius 2 is 2.04 bits per heavy atom. The first-order valence-corrected chi connectivity index (χ1v) is 8.06. The number of nitro groups is 1. The largest absolute Gasteiger partial charge is 0.270 e. The highest BCUT2D eigenvalue weighted by Gasteiger charge is 2.09. The Morgan fingerprint density at radius 3 is 2.79 bits per heavy atom. The fourth-order valence-corrected chi connectivity index (χ4v) is 2.72. The second-order valence-electron chi connectivity index (χ2n) is 5.13. The summed E-state index contributed by atoms with van der Waals surface area (Å²) in [6, 6.07) is 14.4. The van der Waals surface area contributed by atoms with Crippen LogP contribution < -0.4 is 5.43 Å². The average molecular weight is 338 g/mol. The second kappa shape index (κ2) is 7.01. The van der Waals surface area contributed by atoms with Gasteiger partial charge in [0.05, 0.1) is 16.8 Å². The van der Waals surface area contributed by atoms with Crippen LogP contribution in [0.5, 0.6) is 0 Å². The lowest BCUT2D eigenvalue weighted by Crippen LogP contribution is -1.91. The van der Waals surface area contributed by atoms with Crippen LogP contribution in [0.3, 0.4) is 0 Å². The molecule has 0 saturated heterocycles. The van der Waals surface area contributed by atoms with E-state index in [2.05, 4.69) is 15.5 Å². The van der Waals surface area contributed by atoms with Crippen LogP contribution in [-0.2, 0) is 0 Å². The van der Waals surface area contributed by atoms with E-state index >= 15 is 0 Å². The molecule has 0 amide bonds. The van der Waals surface area contributed by atoms with Gasteiger partial charge in [0, 0.05) is 23.1 Å². The van der Waals surface area contributed by atoms with Crippen molar-refractivity contribution >= 4 is 28.4 Å². The number of nitrogens with zero attached hydrogens (tertiary/aromatic N) is 3. The van der Waals surface area contributed by atoms with E-state index in [9.17, 15) is 10.1 Å². The molecule has 1 N–H and O–H groups in total. The number of hydrogen-bond acceptors (Lipinski definition) is 6. The normalized spacial score (nSPS) is 10.9. The number of benzene rings is 2. The lowest BCUT2D eigenvalue weighted by atomic mass is 10.1. The van der Waals surface area contributed by atoms with E-state index in [0.717, 1.165) is 5.56 Å². The number of aromatic nitrogens is 1. The van der Waals surface area contributed by atoms with Gasteiger partial charge in [-0.1, -0.05) is 42.0 Å². The Hall–Kier alpha value is -3.06. The van der Waals surface area contributed by atoms with E-state index in [1.807, 2.05) is 36.6 Å². The van der Waals surface area contributed by atoms with E-state index < -0.39 is 4.92 Å². The number of aryl methyl sites for hydroxylation is 1. The summed E-state index contributed by atoms with van der Waals surface area (Å²) in [7, 11) is 0. The zero-order valence-electron chi connectivity index (χ0n) is 12.8. The minimum absolute atomic E-state index is 0.0485. The van der Waals surface area contributed by atoms with Gasteiger partial charge in [0.2, 0.25) is 5.13 Å². The summed E-state index contributed by atoms with van der Waals surface area (Å²) < 4.78 is 0. The molecule has 6 nitrogen and oxygen atoms in total. The van der Waals surface area contributed by atoms with E-state index in [1.165, 1.54) is 29.0 Å². The topological polar surface area (TPSA) is 80.4 Å². The molecule has 0 aliphatic heterocycles. The first-order chi connectivity index (χ1) is 11.6. The van der Waals surface area contributed by atoms with Crippen molar-refractivity contribution in [2.75, 3.05) is 5.43 Å². The first-order valence-electron chi connectivity index (χ1n) is 7.18. The number of thiazole rings is 1. The molecule has 3 aromatic rings. The zero-order chi connectivity index (χ0) is 16.9. The van der Waals surface area contributed by atoms with Gasteiger partial charge in [-0.3, -0.25) is 15.5 Å². The van der Waals surface area contributed by atoms with Crippen molar-refractivity contribution in [2.24, 2.45) is 5.10 Å². The number of hydrogen-bond donors (Lipinski definition) is 1. The Labute approximate surface area is 142 Å². The molecule has 0 unspecified atom stereocenters. The lowest BCUT2D eigenvalue weighted by Gasteiger charge is -1.97. The molecule has 3 rings (SSSR count). The Balaban J connectivity index is 1.70. The lowest BCUT2D eigenvalue weighted by molar-refractivity contribution is -0.384. The first kappa shape index (κ1) is 15.8. The molecule has 1 heterocycles. The summed E-state index contributed by atoms with van der Waals surface area (Å²) in [6.45, 7) is 2.03. The minimum Gasteiger partial charge on any atom is -0.258 e. The third-order valence-electron chi connectivity index (χ3n) is 3.31. The van der Waals surface area contributed by atoms with E-state index in [-0.39, 0.29) is 5.69 Å². The molecule has 7 heteroatoms. The van der Waals surface area contributed by atoms with Gasteiger partial charge in [0.1, 0.15) is 0 Å². The van der Waals surface area contributed by atoms with E-state index in [1.54, 1.807) is 18.3 Å². The molecule has 0 aliphatic carbocycles. The molecule has 0 saturated carbocycles. The molecular formula is C17H14N4O2S. The van der Waals surface area contributed by atoms with Crippen molar-refractivity contribution in [1.29, 1.82) is 0 Å². The second-order valence-corrected chi connectivity index (χ2v) is 5.98. The molecule has 0 aliphatic rings. The predicted octanol–water partition coefficient (Wildman–Crippen LogP) is 4.47. The highest BCUT2D eigenvalue weighted by atomic mass is 32.1. The van der Waals surface area contributed by atoms with Crippen LogP contribution in [0.1, 0.15) is 11.1 Å². The molecule has 0 fully saturated rings. The van der Waals surface area contributed by atoms with Crippen molar-refractivity contribution in [1.82, 2.24) is 4.98 Å². The molecule has 24 heavy (non-hydrogen) atoms. The van der Waals surface area contributed by atoms with Crippen molar-refractivity contribution < 1.29 is 4.92 Å². The van der Waals surface area contributed by atoms with Crippen LogP contribution in [0.15, 0.2) is 59.0 Å². The maximum atomic E-state index is 10.8. The number of anilines is 1. The SMILES string of the molecule is Cc1ccc(C=NNc2nc(-c3cccc([N+](=O)[O-])c3)cs2)cc1. The van der Waals surface area contributed by atoms with Gasteiger partial charge in [-0.15, -0.1) is 11.3 Å². The van der Waals surface area contributed by atoms with E-state index in [4.69, 9.17) is 0 Å². The van der Waals surface area contributed by atoms with Gasteiger partial charge in [-0.05, 0) is 12.5 Å². The average Bonchev–Trinajstić information content (AvgIpc) is 3.06. The zero-order valence-corrected chi connectivity index (χ0v) is 13.7. The maximum Gasteiger partial charge on any atom is 0.270 e. The fraction of sp³-hybridized carbons (Fsp3) is 0.0588. The third kappa shape index (κ3) is 3.82. The van der Waals surface area contributed by atoms with Crippen molar-refractivity contribution in [3.63, 3.8) is 0 Å². The van der Waals surface area contributed by atoms with Crippen LogP contribution in [0.2, 0.25) is 0 Å². The highest BCUT2D eigenvalue weighted by Crippen LogP contribution is 2.27. The predicted molar refractivity (Wildman–Crippen MR) is 96.6 cm³/mol. The van der Waals surface area contributed by atoms with Crippen molar-refractivity contribution in [3.05, 3.63) is 75.2 Å². The number of non-ortho nitro benzene ring substituents is 1. The van der Waals surface area contributed by atoms with Crippen LogP contribution >= 0.6 is 11.3 Å². The Kier molecular flexibility index (Phi) is 4.62. The molecule has 0 spiro atoms. The molecule has 0 bridgehead atoms. The van der Waals surface area contributed by atoms with Crippen molar-refractivity contribution in [3.8, 4) is 11.3 Å². The summed E-state index contributed by atoms with van der Waals surface area (Å²) >= 11 is 1.39. The van der Waals surface area contributed by atoms with Gasteiger partial charge < -0.3 is 0 Å². The fourth-order valence-electron chi connectivity index (χ4n) is 2.05. The van der Waals surface area contributed by atoms with Crippen LogP contribution in [-0.4, -0.2) is 16.1 Å². The van der Waals surface area contributed by atoms with Crippen LogP contribution in [0.25, 0.3) is 11.3 Å². The quantitative estimate of drug-likeness (QED) is 0.423. The molecule has 0 radical (unpaired) electrons. The number of nitro benzene ring substituents is 1. The molecule has 0 atom stereocenters. The molecule has 2 aromatic carbocycles. The van der Waals surface area contributed by atoms with Gasteiger partial charge in [-0.25, -0.2) is 4.98 Å². The molecular weight excluding hydrogens is 324 g/mol. The maximum absolute atomic E-state index is 10.8. The number of hydrazone groups is 1. The summed E-state index contributed by atoms with van der Waals surface area (Å²) in [5, 5.41) is 17.5. The summed E-state index contributed by atoms with van der Waals surface area (Å²) in [5.41, 5.74) is 6.49. The van der Waals surface area contributed by atoms with Gasteiger partial charge in [0.15, 0.2) is 0 Å². The number of nitrogens with one attached hydrogen (secondary N) is 1. The van der Waals surface area contributed by atoms with Gasteiger partial charge in [-0.2, -0.15) is 5.10 Å². The van der Waals surface area contributed by atoms with Gasteiger partial charge >= 0.3 is 0 Å². The van der Waals surface area contributed by atoms with Crippen molar-refractivity contribution in [2.45, 2.75) is 6.92 Å². The highest BCUT2D eigenvalue weighted by molar-refractivity contribution is 7.14. The monoisotopic (exact) mass is 338 g/mol. The standard InChI is InChI=1S/C17H14N4O2S/c1-12-5-7-13(8-6-12)10-18-20-17-19-16(11-24-17)14-3-2-4-15(9-14)21(22)23/h2-11H,1H3,(H,19,20). The van der Waals surface area contributed by atoms with Crippen LogP contribution in [0, 0.1) is 17.0 Å². The van der Waals surface area contributed by atoms with Gasteiger partial charge in [0.25, 0.3) is 5.69 Å². The van der Waals surface area contributed by atoms with E-state index in [0.29, 0.717) is 16.4 Å².